The smallest absolute Gasteiger partial charge is 0.252 e. The lowest BCUT2D eigenvalue weighted by molar-refractivity contribution is 1.03. The van der Waals surface area contributed by atoms with Gasteiger partial charge >= 0.3 is 0 Å². The van der Waals surface area contributed by atoms with Gasteiger partial charge in [0.15, 0.2) is 0 Å². The molecule has 0 aliphatic carbocycles. The molecule has 88 valence electrons. The summed E-state index contributed by atoms with van der Waals surface area (Å²) in [7, 11) is 0. The van der Waals surface area contributed by atoms with Crippen LogP contribution in [-0.2, 0) is 6.54 Å². The minimum absolute atomic E-state index is 0.128. The van der Waals surface area contributed by atoms with E-state index in [9.17, 15) is 4.79 Å². The van der Waals surface area contributed by atoms with Crippen LogP contribution in [-0.4, -0.2) is 15.0 Å². The second-order valence-electron chi connectivity index (χ2n) is 3.21. The van der Waals surface area contributed by atoms with E-state index in [1.165, 1.54) is 0 Å². The number of H-pyrrole nitrogens is 1. The average Bonchev–Trinajstić information content (AvgIpc) is 2.32. The average molecular weight is 316 g/mol. The number of anilines is 1. The van der Waals surface area contributed by atoms with Crippen LogP contribution in [0.25, 0.3) is 0 Å². The zero-order valence-corrected chi connectivity index (χ0v) is 10.9. The summed E-state index contributed by atoms with van der Waals surface area (Å²) >= 11 is 8.97. The Morgan fingerprint density at radius 3 is 3.12 bits per heavy atom. The van der Waals surface area contributed by atoms with E-state index in [-0.39, 0.29) is 10.8 Å². The molecule has 0 atom stereocenters. The normalized spacial score (nSPS) is 10.2. The van der Waals surface area contributed by atoms with Gasteiger partial charge < -0.3 is 10.3 Å². The predicted molar refractivity (Wildman–Crippen MR) is 69.1 cm³/mol. The second kappa shape index (κ2) is 5.29. The number of hydrogen-bond acceptors (Lipinski definition) is 4. The maximum Gasteiger partial charge on any atom is 0.252 e. The van der Waals surface area contributed by atoms with Gasteiger partial charge in [0.1, 0.15) is 5.82 Å². The third-order valence-electron chi connectivity index (χ3n) is 2.06. The Morgan fingerprint density at radius 1 is 1.53 bits per heavy atom. The van der Waals surface area contributed by atoms with Crippen molar-refractivity contribution in [2.45, 2.75) is 6.54 Å². The van der Waals surface area contributed by atoms with Crippen molar-refractivity contribution in [3.63, 3.8) is 0 Å². The molecule has 0 unspecified atom stereocenters. The highest BCUT2D eigenvalue weighted by Crippen LogP contribution is 2.20. The molecule has 0 spiro atoms. The standard InChI is InChI=1S/C10H8BrClN4O/c11-7-5-15-10(12)16-8(7)14-4-6-2-1-3-13-9(6)17/h1-3,5H,4H2,(H,13,17)(H,14,15,16). The first-order valence-corrected chi connectivity index (χ1v) is 5.92. The molecule has 5 nitrogen and oxygen atoms in total. The van der Waals surface area contributed by atoms with Gasteiger partial charge in [-0.05, 0) is 33.6 Å². The first-order chi connectivity index (χ1) is 8.16. The first kappa shape index (κ1) is 12.1. The number of halogens is 2. The highest BCUT2D eigenvalue weighted by atomic mass is 79.9. The fourth-order valence-electron chi connectivity index (χ4n) is 1.24. The van der Waals surface area contributed by atoms with Crippen molar-refractivity contribution in [1.82, 2.24) is 15.0 Å². The molecule has 0 aliphatic rings. The largest absolute Gasteiger partial charge is 0.365 e. The van der Waals surface area contributed by atoms with Gasteiger partial charge in [-0.15, -0.1) is 0 Å². The highest BCUT2D eigenvalue weighted by Gasteiger charge is 2.04. The van der Waals surface area contributed by atoms with Gasteiger partial charge in [0, 0.05) is 24.5 Å². The lowest BCUT2D eigenvalue weighted by atomic mass is 10.3. The summed E-state index contributed by atoms with van der Waals surface area (Å²) in [5, 5.41) is 3.16. The summed E-state index contributed by atoms with van der Waals surface area (Å²) < 4.78 is 0.689. The number of nitrogens with zero attached hydrogens (tertiary/aromatic N) is 2. The molecule has 0 saturated carbocycles. The molecule has 0 aromatic carbocycles. The van der Waals surface area contributed by atoms with Crippen LogP contribution in [0, 0.1) is 0 Å². The molecule has 0 aliphatic heterocycles. The summed E-state index contributed by atoms with van der Waals surface area (Å²) in [6.07, 6.45) is 3.14. The van der Waals surface area contributed by atoms with Gasteiger partial charge in [-0.3, -0.25) is 4.79 Å². The van der Waals surface area contributed by atoms with E-state index in [0.29, 0.717) is 22.4 Å². The predicted octanol–water partition coefficient (Wildman–Crippen LogP) is 2.19. The number of nitrogens with one attached hydrogen (secondary N) is 2. The maximum absolute atomic E-state index is 11.4. The van der Waals surface area contributed by atoms with E-state index in [4.69, 9.17) is 11.6 Å². The number of aromatic amines is 1. The highest BCUT2D eigenvalue weighted by molar-refractivity contribution is 9.10. The molecule has 0 fully saturated rings. The number of rotatable bonds is 3. The Balaban J connectivity index is 2.15. The van der Waals surface area contributed by atoms with Crippen LogP contribution in [0.5, 0.6) is 0 Å². The van der Waals surface area contributed by atoms with E-state index in [1.54, 1.807) is 24.5 Å². The third-order valence-corrected chi connectivity index (χ3v) is 2.82. The Morgan fingerprint density at radius 2 is 2.35 bits per heavy atom. The van der Waals surface area contributed by atoms with Crippen molar-refractivity contribution in [3.05, 3.63) is 50.2 Å². The molecule has 2 N–H and O–H groups in total. The van der Waals surface area contributed by atoms with E-state index in [1.807, 2.05) is 0 Å². The van der Waals surface area contributed by atoms with E-state index in [0.717, 1.165) is 0 Å². The number of pyridine rings is 1. The molecule has 0 bridgehead atoms. The van der Waals surface area contributed by atoms with Crippen LogP contribution in [0.2, 0.25) is 5.28 Å². The van der Waals surface area contributed by atoms with Crippen molar-refractivity contribution in [2.24, 2.45) is 0 Å². The fraction of sp³-hybridized carbons (Fsp3) is 0.100. The summed E-state index contributed by atoms with van der Waals surface area (Å²) in [5.41, 5.74) is 0.491. The van der Waals surface area contributed by atoms with Crippen LogP contribution in [0.4, 0.5) is 5.82 Å². The number of hydrogen-bond donors (Lipinski definition) is 2. The minimum atomic E-state index is -0.128. The van der Waals surface area contributed by atoms with E-state index < -0.39 is 0 Å². The lowest BCUT2D eigenvalue weighted by Crippen LogP contribution is -2.15. The molecule has 2 rings (SSSR count). The quantitative estimate of drug-likeness (QED) is 0.852. The van der Waals surface area contributed by atoms with Gasteiger partial charge in [0.05, 0.1) is 4.47 Å². The SMILES string of the molecule is O=c1[nH]cccc1CNc1nc(Cl)ncc1Br. The molecule has 0 saturated heterocycles. The van der Waals surface area contributed by atoms with Crippen molar-refractivity contribution in [2.75, 3.05) is 5.32 Å². The molecule has 2 heterocycles. The molecule has 0 radical (unpaired) electrons. The molecular formula is C10H8BrClN4O. The zero-order chi connectivity index (χ0) is 12.3. The molecule has 2 aromatic rings. The molecule has 17 heavy (non-hydrogen) atoms. The first-order valence-electron chi connectivity index (χ1n) is 4.75. The van der Waals surface area contributed by atoms with Crippen LogP contribution >= 0.6 is 27.5 Å². The Hall–Kier alpha value is -1.40. The fourth-order valence-corrected chi connectivity index (χ4v) is 1.71. The van der Waals surface area contributed by atoms with E-state index >= 15 is 0 Å². The van der Waals surface area contributed by atoms with Crippen LogP contribution in [0.1, 0.15) is 5.56 Å². The number of aromatic nitrogens is 3. The van der Waals surface area contributed by atoms with Gasteiger partial charge in [-0.25, -0.2) is 4.98 Å². The van der Waals surface area contributed by atoms with Gasteiger partial charge in [0.25, 0.3) is 5.56 Å². The third kappa shape index (κ3) is 3.04. The monoisotopic (exact) mass is 314 g/mol. The Labute approximate surface area is 110 Å². The lowest BCUT2D eigenvalue weighted by Gasteiger charge is -2.06. The Bertz CT molecular complexity index is 587. The van der Waals surface area contributed by atoms with Crippen molar-refractivity contribution < 1.29 is 0 Å². The molecule has 7 heteroatoms. The van der Waals surface area contributed by atoms with Crippen LogP contribution < -0.4 is 10.9 Å². The summed E-state index contributed by atoms with van der Waals surface area (Å²) in [6.45, 7) is 0.363. The minimum Gasteiger partial charge on any atom is -0.365 e. The van der Waals surface area contributed by atoms with Crippen LogP contribution in [0.3, 0.4) is 0 Å². The van der Waals surface area contributed by atoms with Crippen molar-refractivity contribution in [3.8, 4) is 0 Å². The second-order valence-corrected chi connectivity index (χ2v) is 4.41. The maximum atomic E-state index is 11.4. The van der Waals surface area contributed by atoms with Crippen LogP contribution in [0.15, 0.2) is 33.8 Å². The summed E-state index contributed by atoms with van der Waals surface area (Å²) in [5.74, 6) is 0.549. The summed E-state index contributed by atoms with van der Waals surface area (Å²) in [6, 6.07) is 3.50. The summed E-state index contributed by atoms with van der Waals surface area (Å²) in [4.78, 5) is 21.8. The topological polar surface area (TPSA) is 70.7 Å². The van der Waals surface area contributed by atoms with Gasteiger partial charge in [-0.1, -0.05) is 6.07 Å². The van der Waals surface area contributed by atoms with Crippen molar-refractivity contribution >= 4 is 33.3 Å². The van der Waals surface area contributed by atoms with Gasteiger partial charge in [-0.2, -0.15) is 4.98 Å². The van der Waals surface area contributed by atoms with E-state index in [2.05, 4.69) is 36.2 Å². The van der Waals surface area contributed by atoms with Crippen molar-refractivity contribution in [1.29, 1.82) is 0 Å². The van der Waals surface area contributed by atoms with Gasteiger partial charge in [0.2, 0.25) is 5.28 Å². The zero-order valence-electron chi connectivity index (χ0n) is 8.58. The molecule has 2 aromatic heterocycles. The Kier molecular flexibility index (Phi) is 3.75. The molecule has 0 amide bonds. The molecular weight excluding hydrogens is 307 g/mol.